The van der Waals surface area contributed by atoms with Gasteiger partial charge in [-0.2, -0.15) is 0 Å². The number of amides is 3. The molecule has 2 rings (SSSR count). The topological polar surface area (TPSA) is 70.7 Å². The summed E-state index contributed by atoms with van der Waals surface area (Å²) in [5.41, 5.74) is 1.70. The Labute approximate surface area is 124 Å². The second-order valence-corrected chi connectivity index (χ2v) is 5.16. The third kappa shape index (κ3) is 3.45. The van der Waals surface area contributed by atoms with Gasteiger partial charge in [-0.15, -0.1) is 0 Å². The fourth-order valence-electron chi connectivity index (χ4n) is 2.46. The first-order valence-electron chi connectivity index (χ1n) is 6.97. The lowest BCUT2D eigenvalue weighted by Gasteiger charge is -2.17. The standard InChI is InChI=1S/C15H21N3O3/c1-10-4-5-12(8-13(10)21-3)17-15(20)18-7-6-11(9-18)14(19)16-2/h4-5,8,11H,6-7,9H2,1-3H3,(H,16,19)(H,17,20). The van der Waals surface area contributed by atoms with Gasteiger partial charge in [0, 0.05) is 31.9 Å². The van der Waals surface area contributed by atoms with Gasteiger partial charge in [0.15, 0.2) is 0 Å². The second-order valence-electron chi connectivity index (χ2n) is 5.16. The molecule has 1 heterocycles. The summed E-state index contributed by atoms with van der Waals surface area (Å²) in [6, 6.07) is 5.33. The van der Waals surface area contributed by atoms with Crippen molar-refractivity contribution in [2.75, 3.05) is 32.6 Å². The van der Waals surface area contributed by atoms with Crippen LogP contribution in [0.15, 0.2) is 18.2 Å². The van der Waals surface area contributed by atoms with E-state index in [1.807, 2.05) is 19.1 Å². The zero-order valence-corrected chi connectivity index (χ0v) is 12.6. The number of aryl methyl sites for hydroxylation is 1. The molecule has 0 radical (unpaired) electrons. The normalized spacial score (nSPS) is 17.5. The van der Waals surface area contributed by atoms with E-state index in [4.69, 9.17) is 4.74 Å². The highest BCUT2D eigenvalue weighted by atomic mass is 16.5. The van der Waals surface area contributed by atoms with Crippen LogP contribution in [-0.2, 0) is 4.79 Å². The molecule has 1 aliphatic rings. The Kier molecular flexibility index (Phi) is 4.67. The van der Waals surface area contributed by atoms with E-state index in [1.54, 1.807) is 25.1 Å². The van der Waals surface area contributed by atoms with Crippen molar-refractivity contribution < 1.29 is 14.3 Å². The minimum absolute atomic E-state index is 0.0118. The van der Waals surface area contributed by atoms with Crippen LogP contribution in [0, 0.1) is 12.8 Å². The first kappa shape index (κ1) is 15.2. The number of hydrogen-bond donors (Lipinski definition) is 2. The van der Waals surface area contributed by atoms with Gasteiger partial charge in [-0.25, -0.2) is 4.79 Å². The van der Waals surface area contributed by atoms with Crippen molar-refractivity contribution in [3.05, 3.63) is 23.8 Å². The quantitative estimate of drug-likeness (QED) is 0.888. The third-order valence-corrected chi connectivity index (χ3v) is 3.75. The first-order valence-corrected chi connectivity index (χ1v) is 6.97. The van der Waals surface area contributed by atoms with E-state index in [0.717, 1.165) is 11.3 Å². The molecule has 0 spiro atoms. The zero-order chi connectivity index (χ0) is 15.4. The number of likely N-dealkylation sites (tertiary alicyclic amines) is 1. The summed E-state index contributed by atoms with van der Waals surface area (Å²) in [6.07, 6.45) is 0.699. The summed E-state index contributed by atoms with van der Waals surface area (Å²) in [5, 5.41) is 5.46. The molecule has 6 heteroatoms. The molecule has 1 fully saturated rings. The number of methoxy groups -OCH3 is 1. The number of carbonyl (C=O) groups excluding carboxylic acids is 2. The predicted octanol–water partition coefficient (Wildman–Crippen LogP) is 1.60. The van der Waals surface area contributed by atoms with Crippen LogP contribution in [0.5, 0.6) is 5.75 Å². The molecule has 1 aromatic carbocycles. The van der Waals surface area contributed by atoms with Crippen LogP contribution in [-0.4, -0.2) is 44.1 Å². The van der Waals surface area contributed by atoms with Crippen LogP contribution in [0.25, 0.3) is 0 Å². The van der Waals surface area contributed by atoms with Crippen molar-refractivity contribution in [2.45, 2.75) is 13.3 Å². The van der Waals surface area contributed by atoms with Crippen molar-refractivity contribution in [3.8, 4) is 5.75 Å². The van der Waals surface area contributed by atoms with Gasteiger partial charge >= 0.3 is 6.03 Å². The molecule has 1 unspecified atom stereocenters. The molecular formula is C15H21N3O3. The number of nitrogens with zero attached hydrogens (tertiary/aromatic N) is 1. The lowest BCUT2D eigenvalue weighted by atomic mass is 10.1. The Balaban J connectivity index is 1.98. The lowest BCUT2D eigenvalue weighted by molar-refractivity contribution is -0.124. The monoisotopic (exact) mass is 291 g/mol. The van der Waals surface area contributed by atoms with Gasteiger partial charge in [0.1, 0.15) is 5.75 Å². The summed E-state index contributed by atoms with van der Waals surface area (Å²) in [5.74, 6) is 0.605. The Morgan fingerprint density at radius 1 is 1.38 bits per heavy atom. The van der Waals surface area contributed by atoms with E-state index >= 15 is 0 Å². The Morgan fingerprint density at radius 2 is 2.14 bits per heavy atom. The maximum absolute atomic E-state index is 12.2. The fourth-order valence-corrected chi connectivity index (χ4v) is 2.46. The van der Waals surface area contributed by atoms with E-state index in [9.17, 15) is 9.59 Å². The van der Waals surface area contributed by atoms with E-state index in [1.165, 1.54) is 0 Å². The average Bonchev–Trinajstić information content (AvgIpc) is 2.98. The third-order valence-electron chi connectivity index (χ3n) is 3.75. The van der Waals surface area contributed by atoms with Crippen molar-refractivity contribution >= 4 is 17.6 Å². The molecule has 1 saturated heterocycles. The number of benzene rings is 1. The largest absolute Gasteiger partial charge is 0.496 e. The molecule has 1 aromatic rings. The summed E-state index contributed by atoms with van der Waals surface area (Å²) in [6.45, 7) is 2.99. The van der Waals surface area contributed by atoms with E-state index in [0.29, 0.717) is 25.2 Å². The Morgan fingerprint density at radius 3 is 2.81 bits per heavy atom. The Bertz CT molecular complexity index is 545. The SMILES string of the molecule is CNC(=O)C1CCN(C(=O)Nc2ccc(C)c(OC)c2)C1. The highest BCUT2D eigenvalue weighted by Gasteiger charge is 2.30. The van der Waals surface area contributed by atoms with Crippen LogP contribution >= 0.6 is 0 Å². The summed E-state index contributed by atoms with van der Waals surface area (Å²) < 4.78 is 5.24. The summed E-state index contributed by atoms with van der Waals surface area (Å²) in [4.78, 5) is 25.4. The van der Waals surface area contributed by atoms with Crippen LogP contribution in [0.3, 0.4) is 0 Å². The minimum Gasteiger partial charge on any atom is -0.496 e. The zero-order valence-electron chi connectivity index (χ0n) is 12.6. The lowest BCUT2D eigenvalue weighted by Crippen LogP contribution is -2.35. The summed E-state index contributed by atoms with van der Waals surface area (Å²) >= 11 is 0. The number of urea groups is 1. The number of rotatable bonds is 3. The highest BCUT2D eigenvalue weighted by molar-refractivity contribution is 5.90. The number of nitrogens with one attached hydrogen (secondary N) is 2. The summed E-state index contributed by atoms with van der Waals surface area (Å²) in [7, 11) is 3.21. The molecular weight excluding hydrogens is 270 g/mol. The molecule has 3 amide bonds. The van der Waals surface area contributed by atoms with Gasteiger partial charge in [-0.3, -0.25) is 4.79 Å². The second kappa shape index (κ2) is 6.47. The van der Waals surface area contributed by atoms with Crippen LogP contribution in [0.2, 0.25) is 0 Å². The van der Waals surface area contributed by atoms with E-state index in [2.05, 4.69) is 10.6 Å². The van der Waals surface area contributed by atoms with Crippen molar-refractivity contribution in [3.63, 3.8) is 0 Å². The van der Waals surface area contributed by atoms with Gasteiger partial charge in [-0.05, 0) is 25.0 Å². The molecule has 2 N–H and O–H groups in total. The first-order chi connectivity index (χ1) is 10.0. The molecule has 0 aliphatic carbocycles. The number of hydrogen-bond acceptors (Lipinski definition) is 3. The van der Waals surface area contributed by atoms with E-state index in [-0.39, 0.29) is 17.9 Å². The number of carbonyl (C=O) groups is 2. The smallest absolute Gasteiger partial charge is 0.321 e. The highest BCUT2D eigenvalue weighted by Crippen LogP contribution is 2.23. The number of ether oxygens (including phenoxy) is 1. The minimum atomic E-state index is -0.188. The van der Waals surface area contributed by atoms with Crippen LogP contribution in [0.1, 0.15) is 12.0 Å². The maximum atomic E-state index is 12.2. The number of anilines is 1. The van der Waals surface area contributed by atoms with Gasteiger partial charge in [0.25, 0.3) is 0 Å². The molecule has 0 aromatic heterocycles. The van der Waals surface area contributed by atoms with Crippen molar-refractivity contribution in [1.82, 2.24) is 10.2 Å². The maximum Gasteiger partial charge on any atom is 0.321 e. The average molecular weight is 291 g/mol. The van der Waals surface area contributed by atoms with Gasteiger partial charge in [0.05, 0.1) is 13.0 Å². The van der Waals surface area contributed by atoms with Gasteiger partial charge < -0.3 is 20.3 Å². The molecule has 114 valence electrons. The van der Waals surface area contributed by atoms with Gasteiger partial charge in [-0.1, -0.05) is 6.07 Å². The van der Waals surface area contributed by atoms with Crippen LogP contribution < -0.4 is 15.4 Å². The van der Waals surface area contributed by atoms with Gasteiger partial charge in [0.2, 0.25) is 5.91 Å². The predicted molar refractivity (Wildman–Crippen MR) is 80.5 cm³/mol. The molecule has 0 bridgehead atoms. The van der Waals surface area contributed by atoms with E-state index < -0.39 is 0 Å². The van der Waals surface area contributed by atoms with Crippen LogP contribution in [0.4, 0.5) is 10.5 Å². The fraction of sp³-hybridized carbons (Fsp3) is 0.467. The van der Waals surface area contributed by atoms with Crippen molar-refractivity contribution in [2.24, 2.45) is 5.92 Å². The Hall–Kier alpha value is -2.24. The molecule has 6 nitrogen and oxygen atoms in total. The molecule has 21 heavy (non-hydrogen) atoms. The molecule has 0 saturated carbocycles. The van der Waals surface area contributed by atoms with Crippen molar-refractivity contribution in [1.29, 1.82) is 0 Å². The molecule has 1 atom stereocenters. The molecule has 1 aliphatic heterocycles.